The van der Waals surface area contributed by atoms with Gasteiger partial charge in [0.25, 0.3) is 0 Å². The van der Waals surface area contributed by atoms with Gasteiger partial charge in [-0.1, -0.05) is 49.5 Å². The molecule has 2 rings (SSSR count). The first kappa shape index (κ1) is 16.6. The third kappa shape index (κ3) is 3.54. The van der Waals surface area contributed by atoms with Crippen LogP contribution in [0.3, 0.4) is 0 Å². The van der Waals surface area contributed by atoms with Gasteiger partial charge in [0.15, 0.2) is 11.5 Å². The standard InChI is InChI=1S/C15H13Br2ClO3/c1-20-13-6-10(11(17)7-14(13)21-2)15(19)9-4-3-8(16)5-12(9)18/h3-7,15,19H,1-2H3. The van der Waals surface area contributed by atoms with Crippen LogP contribution in [0.2, 0.25) is 5.02 Å². The Morgan fingerprint density at radius 1 is 1.00 bits per heavy atom. The molecule has 0 aliphatic carbocycles. The summed E-state index contributed by atoms with van der Waals surface area (Å²) in [6.45, 7) is 0. The molecule has 0 aromatic heterocycles. The number of aliphatic hydroxyl groups excluding tert-OH is 1. The van der Waals surface area contributed by atoms with Crippen molar-refractivity contribution in [3.05, 3.63) is 55.4 Å². The zero-order valence-electron chi connectivity index (χ0n) is 11.4. The number of rotatable bonds is 4. The van der Waals surface area contributed by atoms with Crippen LogP contribution in [-0.2, 0) is 0 Å². The van der Waals surface area contributed by atoms with E-state index in [4.69, 9.17) is 21.1 Å². The highest BCUT2D eigenvalue weighted by atomic mass is 79.9. The second kappa shape index (κ2) is 7.01. The van der Waals surface area contributed by atoms with Crippen molar-refractivity contribution in [2.24, 2.45) is 0 Å². The Labute approximate surface area is 145 Å². The summed E-state index contributed by atoms with van der Waals surface area (Å²) < 4.78 is 12.1. The van der Waals surface area contributed by atoms with Crippen molar-refractivity contribution in [2.75, 3.05) is 14.2 Å². The number of hydrogen-bond acceptors (Lipinski definition) is 3. The first-order chi connectivity index (χ1) is 9.97. The Morgan fingerprint density at radius 3 is 2.19 bits per heavy atom. The Bertz CT molecular complexity index is 662. The van der Waals surface area contributed by atoms with Crippen molar-refractivity contribution < 1.29 is 14.6 Å². The highest BCUT2D eigenvalue weighted by Crippen LogP contribution is 2.39. The van der Waals surface area contributed by atoms with Crippen LogP contribution in [0.25, 0.3) is 0 Å². The first-order valence-corrected chi connectivity index (χ1v) is 7.98. The second-order valence-corrected chi connectivity index (χ2v) is 6.47. The van der Waals surface area contributed by atoms with Gasteiger partial charge in [0.05, 0.1) is 14.2 Å². The van der Waals surface area contributed by atoms with Gasteiger partial charge in [-0.2, -0.15) is 0 Å². The summed E-state index contributed by atoms with van der Waals surface area (Å²) in [7, 11) is 3.11. The predicted molar refractivity (Wildman–Crippen MR) is 90.5 cm³/mol. The van der Waals surface area contributed by atoms with E-state index in [-0.39, 0.29) is 0 Å². The second-order valence-electron chi connectivity index (χ2n) is 4.30. The molecule has 0 radical (unpaired) electrons. The van der Waals surface area contributed by atoms with E-state index in [9.17, 15) is 5.11 Å². The molecular formula is C15H13Br2ClO3. The number of methoxy groups -OCH3 is 2. The van der Waals surface area contributed by atoms with E-state index in [1.807, 2.05) is 6.07 Å². The highest BCUT2D eigenvalue weighted by molar-refractivity contribution is 9.10. The molecule has 6 heteroatoms. The van der Waals surface area contributed by atoms with E-state index in [0.717, 1.165) is 4.47 Å². The molecule has 0 fully saturated rings. The van der Waals surface area contributed by atoms with Crippen LogP contribution in [0.4, 0.5) is 0 Å². The van der Waals surface area contributed by atoms with Crippen LogP contribution in [0.5, 0.6) is 11.5 Å². The molecule has 0 bridgehead atoms. The van der Waals surface area contributed by atoms with Gasteiger partial charge >= 0.3 is 0 Å². The van der Waals surface area contributed by atoms with Crippen molar-refractivity contribution in [1.82, 2.24) is 0 Å². The molecule has 0 heterocycles. The smallest absolute Gasteiger partial charge is 0.161 e. The number of hydrogen-bond donors (Lipinski definition) is 1. The minimum atomic E-state index is -0.875. The lowest BCUT2D eigenvalue weighted by atomic mass is 10.0. The summed E-state index contributed by atoms with van der Waals surface area (Å²) in [4.78, 5) is 0. The first-order valence-electron chi connectivity index (χ1n) is 6.02. The molecule has 21 heavy (non-hydrogen) atoms. The molecule has 1 unspecified atom stereocenters. The number of benzene rings is 2. The summed E-state index contributed by atoms with van der Waals surface area (Å²) in [5.74, 6) is 1.13. The van der Waals surface area contributed by atoms with Crippen molar-refractivity contribution in [3.8, 4) is 11.5 Å². The number of ether oxygens (including phenoxy) is 2. The summed E-state index contributed by atoms with van der Waals surface area (Å²) in [6, 6.07) is 8.84. The maximum Gasteiger partial charge on any atom is 0.161 e. The lowest BCUT2D eigenvalue weighted by Crippen LogP contribution is -2.03. The third-order valence-electron chi connectivity index (χ3n) is 3.05. The minimum Gasteiger partial charge on any atom is -0.493 e. The average molecular weight is 437 g/mol. The normalized spacial score (nSPS) is 12.1. The Hall–Kier alpha value is -0.750. The third-order valence-corrected chi connectivity index (χ3v) is 4.56. The molecule has 0 amide bonds. The van der Waals surface area contributed by atoms with E-state index >= 15 is 0 Å². The van der Waals surface area contributed by atoms with Gasteiger partial charge < -0.3 is 14.6 Å². The zero-order valence-corrected chi connectivity index (χ0v) is 15.3. The van der Waals surface area contributed by atoms with Crippen molar-refractivity contribution in [1.29, 1.82) is 0 Å². The molecule has 2 aromatic rings. The van der Waals surface area contributed by atoms with E-state index in [0.29, 0.717) is 32.1 Å². The maximum absolute atomic E-state index is 10.6. The molecule has 0 saturated carbocycles. The van der Waals surface area contributed by atoms with Crippen LogP contribution in [0.1, 0.15) is 17.2 Å². The van der Waals surface area contributed by atoms with Crippen molar-refractivity contribution in [3.63, 3.8) is 0 Å². The van der Waals surface area contributed by atoms with Crippen LogP contribution in [-0.4, -0.2) is 19.3 Å². The fourth-order valence-corrected chi connectivity index (χ4v) is 3.29. The van der Waals surface area contributed by atoms with Gasteiger partial charge in [0.1, 0.15) is 6.10 Å². The average Bonchev–Trinajstić information content (AvgIpc) is 2.46. The Balaban J connectivity index is 2.50. The Kier molecular flexibility index (Phi) is 5.54. The molecule has 112 valence electrons. The summed E-state index contributed by atoms with van der Waals surface area (Å²) >= 11 is 13.0. The Morgan fingerprint density at radius 2 is 1.62 bits per heavy atom. The summed E-state index contributed by atoms with van der Waals surface area (Å²) in [6.07, 6.45) is -0.875. The van der Waals surface area contributed by atoms with E-state index < -0.39 is 6.10 Å². The van der Waals surface area contributed by atoms with Crippen molar-refractivity contribution in [2.45, 2.75) is 6.10 Å². The maximum atomic E-state index is 10.6. The molecule has 0 spiro atoms. The lowest BCUT2D eigenvalue weighted by Gasteiger charge is -2.17. The minimum absolute atomic E-state index is 0.485. The number of halogens is 3. The molecule has 0 aliphatic heterocycles. The molecule has 1 atom stereocenters. The van der Waals surface area contributed by atoms with E-state index in [1.54, 1.807) is 38.5 Å². The fourth-order valence-electron chi connectivity index (χ4n) is 1.97. The van der Waals surface area contributed by atoms with E-state index in [1.165, 1.54) is 0 Å². The van der Waals surface area contributed by atoms with Crippen molar-refractivity contribution >= 4 is 43.5 Å². The largest absolute Gasteiger partial charge is 0.493 e. The molecular weight excluding hydrogens is 423 g/mol. The topological polar surface area (TPSA) is 38.7 Å². The predicted octanol–water partition coefficient (Wildman–Crippen LogP) is 4.96. The monoisotopic (exact) mass is 434 g/mol. The van der Waals surface area contributed by atoms with Crippen LogP contribution < -0.4 is 9.47 Å². The highest BCUT2D eigenvalue weighted by Gasteiger charge is 2.19. The molecule has 1 N–H and O–H groups in total. The van der Waals surface area contributed by atoms with Crippen LogP contribution in [0, 0.1) is 0 Å². The van der Waals surface area contributed by atoms with Gasteiger partial charge in [-0.05, 0) is 24.3 Å². The van der Waals surface area contributed by atoms with Gasteiger partial charge in [0.2, 0.25) is 0 Å². The van der Waals surface area contributed by atoms with Gasteiger partial charge in [0, 0.05) is 25.1 Å². The number of aliphatic hydroxyl groups is 1. The van der Waals surface area contributed by atoms with E-state index in [2.05, 4.69) is 31.9 Å². The summed E-state index contributed by atoms with van der Waals surface area (Å²) in [5.41, 5.74) is 1.27. The summed E-state index contributed by atoms with van der Waals surface area (Å²) in [5, 5.41) is 11.1. The molecule has 0 saturated heterocycles. The molecule has 2 aromatic carbocycles. The quantitative estimate of drug-likeness (QED) is 0.736. The lowest BCUT2D eigenvalue weighted by molar-refractivity contribution is 0.218. The zero-order chi connectivity index (χ0) is 15.6. The van der Waals surface area contributed by atoms with Gasteiger partial charge in [-0.15, -0.1) is 0 Å². The SMILES string of the molecule is COc1cc(Br)c(C(O)c2ccc(Br)cc2Cl)cc1OC. The molecule has 3 nitrogen and oxygen atoms in total. The van der Waals surface area contributed by atoms with Crippen LogP contribution >= 0.6 is 43.5 Å². The van der Waals surface area contributed by atoms with Crippen LogP contribution in [0.15, 0.2) is 39.3 Å². The molecule has 0 aliphatic rings. The fraction of sp³-hybridized carbons (Fsp3) is 0.200. The van der Waals surface area contributed by atoms with Gasteiger partial charge in [-0.3, -0.25) is 0 Å². The van der Waals surface area contributed by atoms with Gasteiger partial charge in [-0.25, -0.2) is 0 Å².